The molecule has 0 saturated carbocycles. The fourth-order valence-electron chi connectivity index (χ4n) is 3.39. The molecule has 0 aromatic heterocycles. The minimum absolute atomic E-state index is 0.0108. The summed E-state index contributed by atoms with van der Waals surface area (Å²) in [4.78, 5) is 28.6. The second-order valence-electron chi connectivity index (χ2n) is 6.68. The third-order valence-corrected chi connectivity index (χ3v) is 4.60. The summed E-state index contributed by atoms with van der Waals surface area (Å²) in [5, 5.41) is 2.88. The summed E-state index contributed by atoms with van der Waals surface area (Å²) in [7, 11) is 2.13. The van der Waals surface area contributed by atoms with Crippen molar-refractivity contribution in [1.29, 1.82) is 0 Å². The summed E-state index contributed by atoms with van der Waals surface area (Å²) in [6.07, 6.45) is 1.12. The molecule has 0 aromatic rings. The number of nitrogens with zero attached hydrogens (tertiary/aromatic N) is 2. The second-order valence-corrected chi connectivity index (χ2v) is 6.68. The van der Waals surface area contributed by atoms with E-state index in [2.05, 4.69) is 31.1 Å². The van der Waals surface area contributed by atoms with E-state index in [1.54, 1.807) is 0 Å². The van der Waals surface area contributed by atoms with Crippen LogP contribution in [0.5, 0.6) is 0 Å². The van der Waals surface area contributed by atoms with Crippen molar-refractivity contribution in [3.63, 3.8) is 0 Å². The number of hydrogen-bond acceptors (Lipinski definition) is 3. The Hall–Kier alpha value is -1.10. The summed E-state index contributed by atoms with van der Waals surface area (Å²) in [6.45, 7) is 8.86. The van der Waals surface area contributed by atoms with E-state index >= 15 is 0 Å². The van der Waals surface area contributed by atoms with Crippen molar-refractivity contribution in [3.05, 3.63) is 0 Å². The zero-order valence-electron chi connectivity index (χ0n) is 13.1. The number of piperazine rings is 1. The molecule has 2 fully saturated rings. The molecule has 0 aliphatic carbocycles. The Morgan fingerprint density at radius 2 is 2.05 bits per heavy atom. The molecule has 3 atom stereocenters. The highest BCUT2D eigenvalue weighted by Gasteiger charge is 2.35. The molecule has 2 heterocycles. The van der Waals surface area contributed by atoms with E-state index in [0.717, 1.165) is 26.1 Å². The second kappa shape index (κ2) is 6.12. The maximum absolute atomic E-state index is 12.6. The van der Waals surface area contributed by atoms with Crippen LogP contribution in [0, 0.1) is 11.8 Å². The number of hydrogen-bond donors (Lipinski definition) is 1. The molecule has 0 radical (unpaired) electrons. The van der Waals surface area contributed by atoms with E-state index in [1.165, 1.54) is 0 Å². The van der Waals surface area contributed by atoms with Crippen LogP contribution in [-0.2, 0) is 9.59 Å². The molecule has 5 nitrogen and oxygen atoms in total. The van der Waals surface area contributed by atoms with E-state index in [1.807, 2.05) is 11.8 Å². The van der Waals surface area contributed by atoms with E-state index in [4.69, 9.17) is 0 Å². The summed E-state index contributed by atoms with van der Waals surface area (Å²) >= 11 is 0. The minimum atomic E-state index is -0.130. The first-order valence-electron chi connectivity index (χ1n) is 7.67. The topological polar surface area (TPSA) is 52.7 Å². The number of carbonyl (C=O) groups is 2. The number of rotatable bonds is 2. The maximum Gasteiger partial charge on any atom is 0.226 e. The minimum Gasteiger partial charge on any atom is -0.354 e. The zero-order valence-corrected chi connectivity index (χ0v) is 13.1. The van der Waals surface area contributed by atoms with Crippen molar-refractivity contribution in [2.45, 2.75) is 45.7 Å². The van der Waals surface area contributed by atoms with E-state index in [0.29, 0.717) is 18.4 Å². The first-order valence-corrected chi connectivity index (χ1v) is 7.67. The molecule has 0 aromatic carbocycles. The molecule has 1 N–H and O–H groups in total. The summed E-state index contributed by atoms with van der Waals surface area (Å²) in [5.41, 5.74) is 0. The predicted molar refractivity (Wildman–Crippen MR) is 78.2 cm³/mol. The smallest absolute Gasteiger partial charge is 0.226 e. The Kier molecular flexibility index (Phi) is 4.68. The van der Waals surface area contributed by atoms with Crippen LogP contribution in [-0.4, -0.2) is 60.4 Å². The molecule has 5 heteroatoms. The van der Waals surface area contributed by atoms with Crippen LogP contribution < -0.4 is 5.32 Å². The van der Waals surface area contributed by atoms with Gasteiger partial charge in [-0.3, -0.25) is 14.5 Å². The van der Waals surface area contributed by atoms with Crippen LogP contribution in [0.2, 0.25) is 0 Å². The highest BCUT2D eigenvalue weighted by atomic mass is 16.2. The van der Waals surface area contributed by atoms with Gasteiger partial charge in [0.05, 0.1) is 0 Å². The largest absolute Gasteiger partial charge is 0.354 e. The van der Waals surface area contributed by atoms with Crippen LogP contribution in [0.4, 0.5) is 0 Å². The Bertz CT molecular complexity index is 383. The molecular formula is C15H27N3O2. The molecule has 2 aliphatic rings. The highest BCUT2D eigenvalue weighted by molar-refractivity contribution is 5.87. The number of piperidine rings is 1. The van der Waals surface area contributed by atoms with Crippen molar-refractivity contribution < 1.29 is 9.59 Å². The van der Waals surface area contributed by atoms with E-state index in [9.17, 15) is 9.59 Å². The first-order chi connectivity index (χ1) is 9.38. The van der Waals surface area contributed by atoms with Gasteiger partial charge in [0.25, 0.3) is 0 Å². The molecule has 2 amide bonds. The fourth-order valence-corrected chi connectivity index (χ4v) is 3.39. The molecule has 114 valence electrons. The molecule has 2 aliphatic heterocycles. The summed E-state index contributed by atoms with van der Waals surface area (Å²) < 4.78 is 0. The zero-order chi connectivity index (χ0) is 14.9. The van der Waals surface area contributed by atoms with Gasteiger partial charge >= 0.3 is 0 Å². The van der Waals surface area contributed by atoms with Crippen molar-refractivity contribution in [2.75, 3.05) is 26.7 Å². The van der Waals surface area contributed by atoms with E-state index in [-0.39, 0.29) is 23.8 Å². The standard InChI is InChI=1S/C15H27N3O2/c1-10(2)13-9-18(6-5-17(13)4)15(20)12-7-11(3)16-14(19)8-12/h10-13H,5-9H2,1-4H3,(H,16,19). The van der Waals surface area contributed by atoms with Crippen LogP contribution in [0.3, 0.4) is 0 Å². The Morgan fingerprint density at radius 1 is 1.35 bits per heavy atom. The van der Waals surface area contributed by atoms with Crippen molar-refractivity contribution >= 4 is 11.8 Å². The van der Waals surface area contributed by atoms with Gasteiger partial charge in [-0.2, -0.15) is 0 Å². The van der Waals surface area contributed by atoms with Crippen LogP contribution >= 0.6 is 0 Å². The molecule has 2 saturated heterocycles. The number of likely N-dealkylation sites (N-methyl/N-ethyl adjacent to an activating group) is 1. The normalized spacial score (nSPS) is 32.4. The molecular weight excluding hydrogens is 254 g/mol. The lowest BCUT2D eigenvalue weighted by molar-refractivity contribution is -0.143. The van der Waals surface area contributed by atoms with Gasteiger partial charge in [0, 0.05) is 44.1 Å². The Morgan fingerprint density at radius 3 is 2.65 bits per heavy atom. The molecule has 3 unspecified atom stereocenters. The summed E-state index contributed by atoms with van der Waals surface area (Å²) in [5.74, 6) is 0.584. The Labute approximate surface area is 121 Å². The SMILES string of the molecule is CC1CC(C(=O)N2CCN(C)C(C(C)C)C2)CC(=O)N1. The molecule has 0 bridgehead atoms. The molecule has 0 spiro atoms. The molecule has 20 heavy (non-hydrogen) atoms. The number of nitrogens with one attached hydrogen (secondary N) is 1. The molecule has 2 rings (SSSR count). The van der Waals surface area contributed by atoms with Gasteiger partial charge in [0.1, 0.15) is 0 Å². The van der Waals surface area contributed by atoms with Crippen LogP contribution in [0.1, 0.15) is 33.6 Å². The van der Waals surface area contributed by atoms with Gasteiger partial charge in [-0.05, 0) is 26.3 Å². The van der Waals surface area contributed by atoms with Gasteiger partial charge in [0.2, 0.25) is 11.8 Å². The van der Waals surface area contributed by atoms with Crippen molar-refractivity contribution in [3.8, 4) is 0 Å². The fraction of sp³-hybridized carbons (Fsp3) is 0.867. The summed E-state index contributed by atoms with van der Waals surface area (Å²) in [6, 6.07) is 0.529. The van der Waals surface area contributed by atoms with Crippen molar-refractivity contribution in [1.82, 2.24) is 15.1 Å². The van der Waals surface area contributed by atoms with Gasteiger partial charge in [-0.1, -0.05) is 13.8 Å². The third kappa shape index (κ3) is 3.32. The maximum atomic E-state index is 12.6. The van der Waals surface area contributed by atoms with Gasteiger partial charge in [-0.15, -0.1) is 0 Å². The number of carbonyl (C=O) groups excluding carboxylic acids is 2. The average Bonchev–Trinajstić information content (AvgIpc) is 2.37. The average molecular weight is 281 g/mol. The first kappa shape index (κ1) is 15.3. The monoisotopic (exact) mass is 281 g/mol. The number of amides is 2. The van der Waals surface area contributed by atoms with Gasteiger partial charge < -0.3 is 10.2 Å². The van der Waals surface area contributed by atoms with Gasteiger partial charge in [-0.25, -0.2) is 0 Å². The lowest BCUT2D eigenvalue weighted by Gasteiger charge is -2.43. The van der Waals surface area contributed by atoms with E-state index < -0.39 is 0 Å². The lowest BCUT2D eigenvalue weighted by Crippen LogP contribution is -2.57. The van der Waals surface area contributed by atoms with Gasteiger partial charge in [0.15, 0.2) is 0 Å². The van der Waals surface area contributed by atoms with Crippen LogP contribution in [0.25, 0.3) is 0 Å². The predicted octanol–water partition coefficient (Wildman–Crippen LogP) is 0.700. The Balaban J connectivity index is 2.00. The highest BCUT2D eigenvalue weighted by Crippen LogP contribution is 2.23. The van der Waals surface area contributed by atoms with Crippen molar-refractivity contribution in [2.24, 2.45) is 11.8 Å². The lowest BCUT2D eigenvalue weighted by atomic mass is 9.90. The third-order valence-electron chi connectivity index (χ3n) is 4.60. The van der Waals surface area contributed by atoms with Crippen LogP contribution in [0.15, 0.2) is 0 Å². The quantitative estimate of drug-likeness (QED) is 0.810.